The average molecular weight is 275 g/mol. The molecule has 0 bridgehead atoms. The summed E-state index contributed by atoms with van der Waals surface area (Å²) >= 11 is 0. The van der Waals surface area contributed by atoms with Crippen LogP contribution in [0.2, 0.25) is 0 Å². The fraction of sp³-hybridized carbons (Fsp3) is 0.200. The molecule has 20 heavy (non-hydrogen) atoms. The summed E-state index contributed by atoms with van der Waals surface area (Å²) in [5.74, 6) is 0.315. The normalized spacial score (nSPS) is 10.6. The number of hydrogen-bond donors (Lipinski definition) is 0. The second-order valence-electron chi connectivity index (χ2n) is 4.73. The van der Waals surface area contributed by atoms with Crippen LogP contribution in [0.3, 0.4) is 0 Å². The third kappa shape index (κ3) is 3.32. The topological polar surface area (TPSA) is 52.4 Å². The molecule has 2 rings (SSSR count). The number of ether oxygens (including phenoxy) is 1. The second-order valence-corrected chi connectivity index (χ2v) is 4.73. The zero-order chi connectivity index (χ0) is 14.7. The Balaban J connectivity index is 2.23. The predicted molar refractivity (Wildman–Crippen MR) is 73.7 cm³/mol. The Labute approximate surface area is 116 Å². The molecule has 0 saturated heterocycles. The van der Waals surface area contributed by atoms with E-state index in [1.54, 1.807) is 12.1 Å². The van der Waals surface area contributed by atoms with Gasteiger partial charge in [-0.3, -0.25) is 10.1 Å². The molecule has 2 aromatic rings. The molecular weight excluding hydrogens is 261 g/mol. The molecule has 0 aliphatic carbocycles. The van der Waals surface area contributed by atoms with Crippen molar-refractivity contribution in [3.63, 3.8) is 0 Å². The second kappa shape index (κ2) is 5.69. The summed E-state index contributed by atoms with van der Waals surface area (Å²) in [4.78, 5) is 10.0. The molecule has 5 heteroatoms. The van der Waals surface area contributed by atoms with Crippen LogP contribution in [-0.4, -0.2) is 4.92 Å². The lowest BCUT2D eigenvalue weighted by molar-refractivity contribution is -0.385. The minimum atomic E-state index is -0.701. The third-order valence-electron chi connectivity index (χ3n) is 2.85. The van der Waals surface area contributed by atoms with Crippen LogP contribution in [-0.2, 0) is 0 Å². The molecule has 0 spiro atoms. The minimum Gasteiger partial charge on any atom is -0.457 e. The third-order valence-corrected chi connectivity index (χ3v) is 2.85. The zero-order valence-corrected chi connectivity index (χ0v) is 11.2. The molecule has 0 fully saturated rings. The molecular formula is C15H14FNO3. The Morgan fingerprint density at radius 3 is 2.30 bits per heavy atom. The maximum atomic E-state index is 13.3. The smallest absolute Gasteiger partial charge is 0.276 e. The fourth-order valence-corrected chi connectivity index (χ4v) is 1.77. The van der Waals surface area contributed by atoms with Crippen LogP contribution in [0.15, 0.2) is 42.5 Å². The average Bonchev–Trinajstić information content (AvgIpc) is 2.38. The van der Waals surface area contributed by atoms with Gasteiger partial charge in [-0.2, -0.15) is 0 Å². The highest BCUT2D eigenvalue weighted by Gasteiger charge is 2.11. The van der Waals surface area contributed by atoms with Crippen molar-refractivity contribution in [2.24, 2.45) is 0 Å². The molecule has 0 aliphatic heterocycles. The summed E-state index contributed by atoms with van der Waals surface area (Å²) in [6.45, 7) is 4.15. The molecule has 4 nitrogen and oxygen atoms in total. The van der Waals surface area contributed by atoms with Crippen molar-refractivity contribution in [1.82, 2.24) is 0 Å². The number of non-ortho nitro benzene ring substituents is 1. The standard InChI is InChI=1S/C15H14FNO3/c1-10(2)11-3-5-14(6-4-11)20-15-8-12(16)7-13(9-15)17(18)19/h3-10H,1-2H3. The summed E-state index contributed by atoms with van der Waals surface area (Å²) in [5.41, 5.74) is 0.821. The van der Waals surface area contributed by atoms with Crippen LogP contribution in [0.25, 0.3) is 0 Å². The molecule has 104 valence electrons. The van der Waals surface area contributed by atoms with Crippen molar-refractivity contribution in [3.8, 4) is 11.5 Å². The Kier molecular flexibility index (Phi) is 3.98. The van der Waals surface area contributed by atoms with E-state index >= 15 is 0 Å². The summed E-state index contributed by atoms with van der Waals surface area (Å²) in [7, 11) is 0. The van der Waals surface area contributed by atoms with E-state index in [0.717, 1.165) is 17.7 Å². The molecule has 0 unspecified atom stereocenters. The molecule has 0 amide bonds. The predicted octanol–water partition coefficient (Wildman–Crippen LogP) is 4.65. The van der Waals surface area contributed by atoms with Gasteiger partial charge in [-0.1, -0.05) is 26.0 Å². The van der Waals surface area contributed by atoms with Gasteiger partial charge in [0.25, 0.3) is 5.69 Å². The molecule has 0 heterocycles. The molecule has 2 aromatic carbocycles. The first-order chi connectivity index (χ1) is 9.45. The molecule has 0 N–H and O–H groups in total. The molecule has 0 aromatic heterocycles. The lowest BCUT2D eigenvalue weighted by Gasteiger charge is -2.08. The summed E-state index contributed by atoms with van der Waals surface area (Å²) in [6, 6.07) is 10.5. The summed E-state index contributed by atoms with van der Waals surface area (Å²) < 4.78 is 18.7. The molecule has 0 aliphatic rings. The van der Waals surface area contributed by atoms with Crippen molar-refractivity contribution < 1.29 is 14.1 Å². The van der Waals surface area contributed by atoms with Gasteiger partial charge < -0.3 is 4.74 Å². The Morgan fingerprint density at radius 2 is 1.75 bits per heavy atom. The van der Waals surface area contributed by atoms with Gasteiger partial charge in [0, 0.05) is 6.07 Å². The first-order valence-electron chi connectivity index (χ1n) is 6.18. The van der Waals surface area contributed by atoms with Crippen molar-refractivity contribution in [3.05, 3.63) is 64.0 Å². The van der Waals surface area contributed by atoms with Crippen LogP contribution in [0.1, 0.15) is 25.3 Å². The quantitative estimate of drug-likeness (QED) is 0.602. The van der Waals surface area contributed by atoms with Crippen molar-refractivity contribution in [2.45, 2.75) is 19.8 Å². The maximum absolute atomic E-state index is 13.3. The number of nitro groups is 1. The van der Waals surface area contributed by atoms with Gasteiger partial charge in [0.1, 0.15) is 17.3 Å². The largest absolute Gasteiger partial charge is 0.457 e. The van der Waals surface area contributed by atoms with Gasteiger partial charge >= 0.3 is 0 Å². The SMILES string of the molecule is CC(C)c1ccc(Oc2cc(F)cc([N+](=O)[O-])c2)cc1. The van der Waals surface area contributed by atoms with Crippen LogP contribution in [0, 0.1) is 15.9 Å². The van der Waals surface area contributed by atoms with Crippen LogP contribution >= 0.6 is 0 Å². The van der Waals surface area contributed by atoms with Gasteiger partial charge in [0.2, 0.25) is 0 Å². The van der Waals surface area contributed by atoms with Crippen molar-refractivity contribution in [1.29, 1.82) is 0 Å². The highest BCUT2D eigenvalue weighted by Crippen LogP contribution is 2.27. The highest BCUT2D eigenvalue weighted by atomic mass is 19.1. The van der Waals surface area contributed by atoms with E-state index in [0.29, 0.717) is 11.7 Å². The molecule has 0 saturated carbocycles. The lowest BCUT2D eigenvalue weighted by atomic mass is 10.0. The first-order valence-corrected chi connectivity index (χ1v) is 6.18. The zero-order valence-electron chi connectivity index (χ0n) is 11.2. The summed E-state index contributed by atoms with van der Waals surface area (Å²) in [5, 5.41) is 10.7. The monoisotopic (exact) mass is 275 g/mol. The first kappa shape index (κ1) is 14.0. The Hall–Kier alpha value is -2.43. The van der Waals surface area contributed by atoms with Crippen molar-refractivity contribution >= 4 is 5.69 Å². The van der Waals surface area contributed by atoms with Gasteiger partial charge in [0.05, 0.1) is 17.1 Å². The fourth-order valence-electron chi connectivity index (χ4n) is 1.77. The van der Waals surface area contributed by atoms with E-state index in [-0.39, 0.29) is 11.4 Å². The van der Waals surface area contributed by atoms with E-state index in [2.05, 4.69) is 13.8 Å². The van der Waals surface area contributed by atoms with Gasteiger partial charge in [-0.15, -0.1) is 0 Å². The number of benzene rings is 2. The molecule has 0 atom stereocenters. The van der Waals surface area contributed by atoms with Crippen LogP contribution in [0.4, 0.5) is 10.1 Å². The highest BCUT2D eigenvalue weighted by molar-refractivity contribution is 5.41. The summed E-state index contributed by atoms with van der Waals surface area (Å²) in [6.07, 6.45) is 0. The number of nitrogens with zero attached hydrogens (tertiary/aromatic N) is 1. The number of rotatable bonds is 4. The molecule has 0 radical (unpaired) electrons. The lowest BCUT2D eigenvalue weighted by Crippen LogP contribution is -1.92. The van der Waals surface area contributed by atoms with E-state index < -0.39 is 10.7 Å². The van der Waals surface area contributed by atoms with E-state index in [4.69, 9.17) is 4.74 Å². The number of nitro benzene ring substituents is 1. The Bertz CT molecular complexity index is 624. The van der Waals surface area contributed by atoms with E-state index in [1.807, 2.05) is 12.1 Å². The Morgan fingerprint density at radius 1 is 1.10 bits per heavy atom. The maximum Gasteiger partial charge on any atom is 0.276 e. The van der Waals surface area contributed by atoms with Crippen LogP contribution in [0.5, 0.6) is 11.5 Å². The van der Waals surface area contributed by atoms with Crippen LogP contribution < -0.4 is 4.74 Å². The van der Waals surface area contributed by atoms with Crippen molar-refractivity contribution in [2.75, 3.05) is 0 Å². The van der Waals surface area contributed by atoms with Gasteiger partial charge in [0.15, 0.2) is 0 Å². The van der Waals surface area contributed by atoms with E-state index in [9.17, 15) is 14.5 Å². The van der Waals surface area contributed by atoms with Gasteiger partial charge in [-0.25, -0.2) is 4.39 Å². The minimum absolute atomic E-state index is 0.106. The number of halogens is 1. The number of hydrogen-bond acceptors (Lipinski definition) is 3. The van der Waals surface area contributed by atoms with E-state index in [1.165, 1.54) is 6.07 Å². The van der Waals surface area contributed by atoms with Gasteiger partial charge in [-0.05, 0) is 23.6 Å².